The molecule has 1 fully saturated rings. The van der Waals surface area contributed by atoms with Crippen molar-refractivity contribution in [1.29, 1.82) is 0 Å². The average molecular weight is 247 g/mol. The van der Waals surface area contributed by atoms with Gasteiger partial charge >= 0.3 is 0 Å². The van der Waals surface area contributed by atoms with Gasteiger partial charge in [0.05, 0.1) is 7.11 Å². The van der Waals surface area contributed by atoms with E-state index in [0.717, 1.165) is 30.0 Å². The van der Waals surface area contributed by atoms with Crippen LogP contribution in [0.1, 0.15) is 18.1 Å². The van der Waals surface area contributed by atoms with E-state index >= 15 is 0 Å². The lowest BCUT2D eigenvalue weighted by Crippen LogP contribution is -2.47. The van der Waals surface area contributed by atoms with Crippen molar-refractivity contribution in [2.75, 3.05) is 20.2 Å². The largest absolute Gasteiger partial charge is 0.496 e. The maximum atomic E-state index is 12.2. The van der Waals surface area contributed by atoms with Gasteiger partial charge in [-0.2, -0.15) is 0 Å². The molecule has 1 atom stereocenters. The molecule has 0 spiro atoms. The fourth-order valence-electron chi connectivity index (χ4n) is 2.32. The number of nitrogens with one attached hydrogen (secondary N) is 1. The third-order valence-electron chi connectivity index (χ3n) is 3.83. The number of hydrogen-bond donors (Lipinski definition) is 1. The van der Waals surface area contributed by atoms with E-state index in [1.54, 1.807) is 7.11 Å². The molecule has 1 aliphatic heterocycles. The van der Waals surface area contributed by atoms with Gasteiger partial charge < -0.3 is 10.1 Å². The third kappa shape index (κ3) is 2.72. The molecule has 1 unspecified atom stereocenters. The molecule has 0 aliphatic carbocycles. The first-order valence-corrected chi connectivity index (χ1v) is 6.48. The number of hydrogen-bond acceptors (Lipinski definition) is 3. The van der Waals surface area contributed by atoms with E-state index in [-0.39, 0.29) is 5.92 Å². The molecule has 1 aliphatic rings. The Labute approximate surface area is 109 Å². The molecule has 0 saturated carbocycles. The van der Waals surface area contributed by atoms with Crippen molar-refractivity contribution in [2.24, 2.45) is 11.8 Å². The molecule has 1 aromatic rings. The number of aryl methyl sites for hydroxylation is 1. The van der Waals surface area contributed by atoms with Crippen molar-refractivity contribution in [3.63, 3.8) is 0 Å². The molecule has 0 amide bonds. The van der Waals surface area contributed by atoms with Crippen molar-refractivity contribution in [3.8, 4) is 5.75 Å². The quantitative estimate of drug-likeness (QED) is 0.864. The molecule has 0 bridgehead atoms. The number of ether oxygens (including phenoxy) is 1. The molecule has 3 nitrogen and oxygen atoms in total. The van der Waals surface area contributed by atoms with Gasteiger partial charge in [-0.05, 0) is 32.0 Å². The first kappa shape index (κ1) is 13.1. The van der Waals surface area contributed by atoms with Crippen LogP contribution >= 0.6 is 0 Å². The van der Waals surface area contributed by atoms with E-state index in [9.17, 15) is 4.79 Å². The SMILES string of the molecule is COc1ccc(C)cc1CC(=O)C(C)C1CNC1. The van der Waals surface area contributed by atoms with Gasteiger partial charge in [0.25, 0.3) is 0 Å². The monoisotopic (exact) mass is 247 g/mol. The molecule has 1 N–H and O–H groups in total. The number of carbonyl (C=O) groups excluding carboxylic acids is 1. The molecule has 18 heavy (non-hydrogen) atoms. The first-order chi connectivity index (χ1) is 8.61. The number of rotatable bonds is 5. The summed E-state index contributed by atoms with van der Waals surface area (Å²) in [6.07, 6.45) is 0.475. The molecule has 98 valence electrons. The van der Waals surface area contributed by atoms with Crippen molar-refractivity contribution in [2.45, 2.75) is 20.3 Å². The predicted octanol–water partition coefficient (Wildman–Crippen LogP) is 1.97. The summed E-state index contributed by atoms with van der Waals surface area (Å²) in [6, 6.07) is 5.99. The van der Waals surface area contributed by atoms with Crippen LogP contribution in [0, 0.1) is 18.8 Å². The van der Waals surface area contributed by atoms with Gasteiger partial charge in [0.15, 0.2) is 0 Å². The second-order valence-corrected chi connectivity index (χ2v) is 5.17. The van der Waals surface area contributed by atoms with Gasteiger partial charge in [-0.3, -0.25) is 4.79 Å². The first-order valence-electron chi connectivity index (χ1n) is 6.48. The topological polar surface area (TPSA) is 38.3 Å². The third-order valence-corrected chi connectivity index (χ3v) is 3.83. The van der Waals surface area contributed by atoms with Crippen molar-refractivity contribution in [3.05, 3.63) is 29.3 Å². The minimum Gasteiger partial charge on any atom is -0.496 e. The number of benzene rings is 1. The molecule has 3 heteroatoms. The van der Waals surface area contributed by atoms with Crippen LogP contribution in [-0.2, 0) is 11.2 Å². The zero-order valence-electron chi connectivity index (χ0n) is 11.3. The standard InChI is InChI=1S/C15H21NO2/c1-10-4-5-15(18-3)12(6-10)7-14(17)11(2)13-8-16-9-13/h4-6,11,13,16H,7-9H2,1-3H3. The van der Waals surface area contributed by atoms with E-state index in [1.807, 2.05) is 32.0 Å². The highest BCUT2D eigenvalue weighted by molar-refractivity contribution is 5.84. The molecular formula is C15H21NO2. The summed E-state index contributed by atoms with van der Waals surface area (Å²) >= 11 is 0. The van der Waals surface area contributed by atoms with E-state index in [1.165, 1.54) is 0 Å². The number of carbonyl (C=O) groups is 1. The lowest BCUT2D eigenvalue weighted by atomic mass is 9.84. The molecule has 1 heterocycles. The summed E-state index contributed by atoms with van der Waals surface area (Å²) in [5.41, 5.74) is 2.16. The summed E-state index contributed by atoms with van der Waals surface area (Å²) in [6.45, 7) is 6.01. The van der Waals surface area contributed by atoms with Gasteiger partial charge in [-0.1, -0.05) is 24.6 Å². The zero-order chi connectivity index (χ0) is 13.1. The average Bonchev–Trinajstić information content (AvgIpc) is 2.27. The van der Waals surface area contributed by atoms with E-state index in [4.69, 9.17) is 4.74 Å². The minimum atomic E-state index is 0.136. The fraction of sp³-hybridized carbons (Fsp3) is 0.533. The van der Waals surface area contributed by atoms with E-state index < -0.39 is 0 Å². The maximum absolute atomic E-state index is 12.2. The summed E-state index contributed by atoms with van der Waals surface area (Å²) in [4.78, 5) is 12.2. The molecule has 2 rings (SSSR count). The highest BCUT2D eigenvalue weighted by Crippen LogP contribution is 2.24. The fourth-order valence-corrected chi connectivity index (χ4v) is 2.32. The van der Waals surface area contributed by atoms with Gasteiger partial charge in [0, 0.05) is 17.9 Å². The van der Waals surface area contributed by atoms with Gasteiger partial charge in [0.1, 0.15) is 11.5 Å². The summed E-state index contributed by atoms with van der Waals surface area (Å²) in [5.74, 6) is 1.77. The number of ketones is 1. The predicted molar refractivity (Wildman–Crippen MR) is 72.0 cm³/mol. The van der Waals surface area contributed by atoms with Crippen LogP contribution in [0.2, 0.25) is 0 Å². The molecule has 1 saturated heterocycles. The molecule has 0 aromatic heterocycles. The minimum absolute atomic E-state index is 0.136. The number of methoxy groups -OCH3 is 1. The van der Waals surface area contributed by atoms with Crippen LogP contribution in [-0.4, -0.2) is 26.0 Å². The Morgan fingerprint density at radius 2 is 2.22 bits per heavy atom. The highest BCUT2D eigenvalue weighted by atomic mass is 16.5. The van der Waals surface area contributed by atoms with Crippen molar-refractivity contribution >= 4 is 5.78 Å². The molecule has 0 radical (unpaired) electrons. The Balaban J connectivity index is 2.07. The van der Waals surface area contributed by atoms with Crippen LogP contribution in [0.3, 0.4) is 0 Å². The maximum Gasteiger partial charge on any atom is 0.140 e. The van der Waals surface area contributed by atoms with E-state index in [0.29, 0.717) is 18.1 Å². The Morgan fingerprint density at radius 3 is 2.78 bits per heavy atom. The van der Waals surface area contributed by atoms with Crippen molar-refractivity contribution < 1.29 is 9.53 Å². The zero-order valence-corrected chi connectivity index (χ0v) is 11.3. The van der Waals surface area contributed by atoms with Crippen LogP contribution in [0.15, 0.2) is 18.2 Å². The lowest BCUT2D eigenvalue weighted by Gasteiger charge is -2.31. The van der Waals surface area contributed by atoms with Crippen LogP contribution in [0.5, 0.6) is 5.75 Å². The lowest BCUT2D eigenvalue weighted by molar-refractivity contribution is -0.123. The highest BCUT2D eigenvalue weighted by Gasteiger charge is 2.28. The normalized spacial score (nSPS) is 17.1. The van der Waals surface area contributed by atoms with Crippen LogP contribution < -0.4 is 10.1 Å². The molecular weight excluding hydrogens is 226 g/mol. The second-order valence-electron chi connectivity index (χ2n) is 5.17. The Morgan fingerprint density at radius 1 is 1.50 bits per heavy atom. The Bertz CT molecular complexity index is 438. The molecule has 1 aromatic carbocycles. The smallest absolute Gasteiger partial charge is 0.140 e. The van der Waals surface area contributed by atoms with Crippen molar-refractivity contribution in [1.82, 2.24) is 5.32 Å². The Hall–Kier alpha value is -1.35. The van der Waals surface area contributed by atoms with E-state index in [2.05, 4.69) is 5.32 Å². The van der Waals surface area contributed by atoms with Gasteiger partial charge in [0.2, 0.25) is 0 Å². The van der Waals surface area contributed by atoms with Crippen LogP contribution in [0.25, 0.3) is 0 Å². The summed E-state index contributed by atoms with van der Waals surface area (Å²) < 4.78 is 5.32. The Kier molecular flexibility index (Phi) is 4.02. The number of Topliss-reactive ketones (excluding diaryl/α,β-unsaturated/α-hetero) is 1. The summed E-state index contributed by atoms with van der Waals surface area (Å²) in [5, 5.41) is 3.22. The summed E-state index contributed by atoms with van der Waals surface area (Å²) in [7, 11) is 1.65. The van der Waals surface area contributed by atoms with Gasteiger partial charge in [-0.25, -0.2) is 0 Å². The second kappa shape index (κ2) is 5.53. The van der Waals surface area contributed by atoms with Gasteiger partial charge in [-0.15, -0.1) is 0 Å². The van der Waals surface area contributed by atoms with Crippen LogP contribution in [0.4, 0.5) is 0 Å².